The Bertz CT molecular complexity index is 356. The molecule has 1 N–H and O–H groups in total. The molecule has 2 heteroatoms. The van der Waals surface area contributed by atoms with Crippen LogP contribution in [0.15, 0.2) is 42.0 Å². The van der Waals surface area contributed by atoms with E-state index in [-0.39, 0.29) is 12.0 Å². The van der Waals surface area contributed by atoms with E-state index in [0.717, 1.165) is 12.0 Å². The minimum absolute atomic E-state index is 0.240. The first-order chi connectivity index (χ1) is 7.77. The number of benzene rings is 1. The highest BCUT2D eigenvalue weighted by Gasteiger charge is 2.24. The minimum atomic E-state index is -0.309. The monoisotopic (exact) mass is 218 g/mol. The molecule has 86 valence electrons. The Kier molecular flexibility index (Phi) is 3.75. The molecule has 0 amide bonds. The molecule has 1 aliphatic rings. The van der Waals surface area contributed by atoms with Gasteiger partial charge in [0.1, 0.15) is 0 Å². The Morgan fingerprint density at radius 2 is 2.06 bits per heavy atom. The number of hydrogen-bond acceptors (Lipinski definition) is 2. The Morgan fingerprint density at radius 3 is 2.69 bits per heavy atom. The quantitative estimate of drug-likeness (QED) is 0.787. The topological polar surface area (TPSA) is 29.5 Å². The summed E-state index contributed by atoms with van der Waals surface area (Å²) in [5, 5.41) is 9.81. The average Bonchev–Trinajstić information content (AvgIpc) is 2.62. The van der Waals surface area contributed by atoms with Gasteiger partial charge < -0.3 is 9.84 Å². The average molecular weight is 218 g/mol. The second kappa shape index (κ2) is 5.28. The molecule has 0 spiro atoms. The van der Waals surface area contributed by atoms with Crippen LogP contribution >= 0.6 is 0 Å². The van der Waals surface area contributed by atoms with Crippen LogP contribution in [0.3, 0.4) is 0 Å². The summed E-state index contributed by atoms with van der Waals surface area (Å²) in [5.41, 5.74) is 2.26. The van der Waals surface area contributed by atoms with Crippen LogP contribution in [0.5, 0.6) is 0 Å². The fourth-order valence-corrected chi connectivity index (χ4v) is 2.02. The Morgan fingerprint density at radius 1 is 1.31 bits per heavy atom. The van der Waals surface area contributed by atoms with Crippen LogP contribution in [-0.4, -0.2) is 17.8 Å². The summed E-state index contributed by atoms with van der Waals surface area (Å²) in [6, 6.07) is 10.1. The molecule has 2 atom stereocenters. The van der Waals surface area contributed by atoms with Gasteiger partial charge >= 0.3 is 0 Å². The van der Waals surface area contributed by atoms with E-state index < -0.39 is 0 Å². The number of hydrogen-bond donors (Lipinski definition) is 1. The van der Waals surface area contributed by atoms with Gasteiger partial charge in [-0.25, -0.2) is 0 Å². The Hall–Kier alpha value is -1.12. The molecule has 1 aromatic rings. The van der Waals surface area contributed by atoms with Gasteiger partial charge in [-0.2, -0.15) is 0 Å². The molecule has 0 fully saturated rings. The second-order valence-corrected chi connectivity index (χ2v) is 4.39. The maximum atomic E-state index is 9.81. The first-order valence-corrected chi connectivity index (χ1v) is 5.74. The second-order valence-electron chi connectivity index (χ2n) is 4.39. The minimum Gasteiger partial charge on any atom is -0.388 e. The molecule has 16 heavy (non-hydrogen) atoms. The molecular weight excluding hydrogens is 200 g/mol. The lowest BCUT2D eigenvalue weighted by molar-refractivity contribution is 0.0434. The number of aliphatic hydroxyl groups is 1. The summed E-state index contributed by atoms with van der Waals surface area (Å²) < 4.78 is 5.63. The Balaban J connectivity index is 1.74. The third kappa shape index (κ3) is 2.71. The lowest BCUT2D eigenvalue weighted by Gasteiger charge is -2.16. The first-order valence-electron chi connectivity index (χ1n) is 5.74. The van der Waals surface area contributed by atoms with Crippen LogP contribution in [0.2, 0.25) is 0 Å². The van der Waals surface area contributed by atoms with E-state index in [2.05, 4.69) is 18.2 Å². The predicted octanol–water partition coefficient (Wildman–Crippen LogP) is 2.53. The number of allylic oxidation sites excluding steroid dienone is 1. The molecule has 2 rings (SSSR count). The number of ether oxygens (including phenoxy) is 1. The van der Waals surface area contributed by atoms with Crippen LogP contribution in [0.4, 0.5) is 0 Å². The van der Waals surface area contributed by atoms with Gasteiger partial charge in [0.05, 0.1) is 19.3 Å². The molecule has 0 unspecified atom stereocenters. The third-order valence-corrected chi connectivity index (χ3v) is 3.10. The third-order valence-electron chi connectivity index (χ3n) is 3.10. The van der Waals surface area contributed by atoms with Gasteiger partial charge in [-0.15, -0.1) is 0 Å². The van der Waals surface area contributed by atoms with Crippen molar-refractivity contribution >= 4 is 0 Å². The molecule has 0 saturated heterocycles. The molecule has 0 aliphatic heterocycles. The lowest BCUT2D eigenvalue weighted by atomic mass is 10.0. The molecule has 0 aromatic heterocycles. The summed E-state index contributed by atoms with van der Waals surface area (Å²) in [4.78, 5) is 0. The van der Waals surface area contributed by atoms with Crippen molar-refractivity contribution in [3.05, 3.63) is 47.5 Å². The fourth-order valence-electron chi connectivity index (χ4n) is 2.02. The number of aliphatic hydroxyl groups excluding tert-OH is 1. The van der Waals surface area contributed by atoms with Gasteiger partial charge in [0.15, 0.2) is 0 Å². The van der Waals surface area contributed by atoms with E-state index in [9.17, 15) is 5.11 Å². The predicted molar refractivity (Wildman–Crippen MR) is 64.0 cm³/mol. The van der Waals surface area contributed by atoms with Gasteiger partial charge in [-0.05, 0) is 24.5 Å². The normalized spacial score (nSPS) is 24.5. The van der Waals surface area contributed by atoms with E-state index in [4.69, 9.17) is 4.74 Å². The van der Waals surface area contributed by atoms with Crippen molar-refractivity contribution in [1.29, 1.82) is 0 Å². The van der Waals surface area contributed by atoms with Crippen LogP contribution in [-0.2, 0) is 11.3 Å². The molecular formula is C14H18O2. The zero-order chi connectivity index (χ0) is 11.4. The van der Waals surface area contributed by atoms with Crippen molar-refractivity contribution in [2.45, 2.75) is 26.1 Å². The largest absolute Gasteiger partial charge is 0.388 e. The summed E-state index contributed by atoms with van der Waals surface area (Å²) in [5.74, 6) is 0.240. The summed E-state index contributed by atoms with van der Waals surface area (Å²) >= 11 is 0. The molecule has 2 nitrogen and oxygen atoms in total. The highest BCUT2D eigenvalue weighted by atomic mass is 16.5. The van der Waals surface area contributed by atoms with Crippen molar-refractivity contribution in [3.63, 3.8) is 0 Å². The van der Waals surface area contributed by atoms with Crippen LogP contribution in [0.25, 0.3) is 0 Å². The maximum absolute atomic E-state index is 9.81. The van der Waals surface area contributed by atoms with E-state index in [1.165, 1.54) is 5.56 Å². The summed E-state index contributed by atoms with van der Waals surface area (Å²) in [6.45, 7) is 3.23. The Labute approximate surface area is 96.6 Å². The molecule has 1 aliphatic carbocycles. The lowest BCUT2D eigenvalue weighted by Crippen LogP contribution is -2.21. The van der Waals surface area contributed by atoms with Gasteiger partial charge in [0, 0.05) is 5.92 Å². The molecule has 0 saturated carbocycles. The molecule has 1 aromatic carbocycles. The zero-order valence-electron chi connectivity index (χ0n) is 9.60. The van der Waals surface area contributed by atoms with Crippen molar-refractivity contribution in [3.8, 4) is 0 Å². The van der Waals surface area contributed by atoms with Crippen LogP contribution in [0.1, 0.15) is 18.9 Å². The smallest absolute Gasteiger partial charge is 0.0800 e. The van der Waals surface area contributed by atoms with Crippen LogP contribution < -0.4 is 0 Å². The fraction of sp³-hybridized carbons (Fsp3) is 0.429. The summed E-state index contributed by atoms with van der Waals surface area (Å²) in [7, 11) is 0. The SMILES string of the molecule is CC1=CC[C@@H](COCc2ccccc2)[C@@H]1O. The maximum Gasteiger partial charge on any atom is 0.0800 e. The van der Waals surface area contributed by atoms with Gasteiger partial charge in [0.25, 0.3) is 0 Å². The van der Waals surface area contributed by atoms with Crippen molar-refractivity contribution in [2.24, 2.45) is 5.92 Å². The van der Waals surface area contributed by atoms with Crippen molar-refractivity contribution < 1.29 is 9.84 Å². The molecule has 0 heterocycles. The highest BCUT2D eigenvalue weighted by molar-refractivity contribution is 5.15. The summed E-state index contributed by atoms with van der Waals surface area (Å²) in [6.07, 6.45) is 2.72. The van der Waals surface area contributed by atoms with Crippen molar-refractivity contribution in [1.82, 2.24) is 0 Å². The van der Waals surface area contributed by atoms with E-state index >= 15 is 0 Å². The van der Waals surface area contributed by atoms with E-state index in [0.29, 0.717) is 13.2 Å². The van der Waals surface area contributed by atoms with Gasteiger partial charge in [-0.3, -0.25) is 0 Å². The highest BCUT2D eigenvalue weighted by Crippen LogP contribution is 2.25. The van der Waals surface area contributed by atoms with E-state index in [1.807, 2.05) is 25.1 Å². The first kappa shape index (κ1) is 11.4. The molecule has 0 radical (unpaired) electrons. The van der Waals surface area contributed by atoms with Crippen molar-refractivity contribution in [2.75, 3.05) is 6.61 Å². The van der Waals surface area contributed by atoms with E-state index in [1.54, 1.807) is 0 Å². The standard InChI is InChI=1S/C14H18O2/c1-11-7-8-13(14(11)15)10-16-9-12-5-3-2-4-6-12/h2-7,13-15H,8-10H2,1H3/t13-,14+/m0/s1. The number of rotatable bonds is 4. The van der Waals surface area contributed by atoms with Gasteiger partial charge in [-0.1, -0.05) is 36.4 Å². The van der Waals surface area contributed by atoms with Crippen LogP contribution in [0, 0.1) is 5.92 Å². The van der Waals surface area contributed by atoms with Gasteiger partial charge in [0.2, 0.25) is 0 Å². The zero-order valence-corrected chi connectivity index (χ0v) is 9.60. The molecule has 0 bridgehead atoms.